The van der Waals surface area contributed by atoms with Crippen LogP contribution in [0.5, 0.6) is 0 Å². The van der Waals surface area contributed by atoms with Gasteiger partial charge in [0.25, 0.3) is 5.56 Å². The number of thiophene rings is 1. The van der Waals surface area contributed by atoms with Crippen LogP contribution in [0.25, 0.3) is 31.3 Å². The average Bonchev–Trinajstić information content (AvgIpc) is 3.08. The maximum atomic E-state index is 13.2. The maximum absolute atomic E-state index is 13.2. The highest BCUT2D eigenvalue weighted by atomic mass is 32.1. The van der Waals surface area contributed by atoms with E-state index in [2.05, 4.69) is 18.3 Å². The van der Waals surface area contributed by atoms with E-state index < -0.39 is 0 Å². The van der Waals surface area contributed by atoms with Crippen LogP contribution in [0, 0.1) is 0 Å². The van der Waals surface area contributed by atoms with Crippen LogP contribution in [0.4, 0.5) is 5.69 Å². The third-order valence-electron chi connectivity index (χ3n) is 5.57. The number of para-hydroxylation sites is 1. The van der Waals surface area contributed by atoms with Gasteiger partial charge in [-0.2, -0.15) is 0 Å². The van der Waals surface area contributed by atoms with Gasteiger partial charge in [-0.25, -0.2) is 9.97 Å². The van der Waals surface area contributed by atoms with Crippen molar-refractivity contribution in [2.24, 2.45) is 0 Å². The highest BCUT2D eigenvalue weighted by Gasteiger charge is 2.21. The lowest BCUT2D eigenvalue weighted by molar-refractivity contribution is 0.345. The summed E-state index contributed by atoms with van der Waals surface area (Å²) in [5.41, 5.74) is 2.84. The van der Waals surface area contributed by atoms with Crippen LogP contribution in [0.2, 0.25) is 0 Å². The van der Waals surface area contributed by atoms with Gasteiger partial charge in [0.15, 0.2) is 0 Å². The van der Waals surface area contributed by atoms with Gasteiger partial charge in [0.1, 0.15) is 9.53 Å². The Kier molecular flexibility index (Phi) is 4.08. The van der Waals surface area contributed by atoms with Crippen LogP contribution in [-0.2, 0) is 0 Å². The Bertz CT molecular complexity index is 1200. The second-order valence-electron chi connectivity index (χ2n) is 7.24. The van der Waals surface area contributed by atoms with Crippen molar-refractivity contribution in [1.29, 1.82) is 0 Å². The van der Waals surface area contributed by atoms with Crippen molar-refractivity contribution >= 4 is 48.4 Å². The first-order valence-corrected chi connectivity index (χ1v) is 10.6. The second-order valence-corrected chi connectivity index (χ2v) is 8.24. The van der Waals surface area contributed by atoms with Gasteiger partial charge in [-0.15, -0.1) is 11.3 Å². The molecule has 4 aromatic rings. The topological polar surface area (TPSA) is 59.8 Å². The van der Waals surface area contributed by atoms with Crippen molar-refractivity contribution in [2.45, 2.75) is 45.1 Å². The molecule has 5 nitrogen and oxygen atoms in total. The minimum atomic E-state index is 0.0846. The quantitative estimate of drug-likeness (QED) is 0.539. The summed E-state index contributed by atoms with van der Waals surface area (Å²) in [6.07, 6.45) is 7.56. The minimum Gasteiger partial charge on any atom is -0.384 e. The second kappa shape index (κ2) is 6.60. The fourth-order valence-electron chi connectivity index (χ4n) is 4.28. The summed E-state index contributed by atoms with van der Waals surface area (Å²) in [7, 11) is 0. The number of hydrogen-bond acceptors (Lipinski definition) is 5. The number of fused-ring (bicyclic) bond motifs is 4. The molecule has 1 aliphatic rings. The smallest absolute Gasteiger partial charge is 0.271 e. The largest absolute Gasteiger partial charge is 0.384 e. The molecule has 0 aliphatic heterocycles. The Morgan fingerprint density at radius 1 is 1.22 bits per heavy atom. The van der Waals surface area contributed by atoms with Gasteiger partial charge in [0.2, 0.25) is 0 Å². The molecule has 1 N–H and O–H groups in total. The summed E-state index contributed by atoms with van der Waals surface area (Å²) < 4.78 is 2.59. The van der Waals surface area contributed by atoms with Crippen LogP contribution in [0.1, 0.15) is 45.1 Å². The van der Waals surface area contributed by atoms with E-state index in [0.717, 1.165) is 56.4 Å². The number of nitrogens with one attached hydrogen (secondary N) is 1. The molecule has 3 aromatic heterocycles. The molecule has 0 saturated heterocycles. The Hall–Kier alpha value is -2.47. The van der Waals surface area contributed by atoms with E-state index in [4.69, 9.17) is 9.97 Å². The first-order chi connectivity index (χ1) is 13.3. The molecule has 27 heavy (non-hydrogen) atoms. The van der Waals surface area contributed by atoms with Gasteiger partial charge in [-0.1, -0.05) is 37.5 Å². The van der Waals surface area contributed by atoms with Gasteiger partial charge in [-0.3, -0.25) is 9.36 Å². The molecular formula is C21H22N4OS. The van der Waals surface area contributed by atoms with E-state index >= 15 is 0 Å². The van der Waals surface area contributed by atoms with Crippen molar-refractivity contribution in [1.82, 2.24) is 14.5 Å². The number of benzene rings is 1. The first kappa shape index (κ1) is 16.7. The van der Waals surface area contributed by atoms with Crippen LogP contribution >= 0.6 is 11.3 Å². The molecule has 5 rings (SSSR count). The predicted octanol–water partition coefficient (Wildman–Crippen LogP) is 5.10. The summed E-state index contributed by atoms with van der Waals surface area (Å²) >= 11 is 1.47. The van der Waals surface area contributed by atoms with Crippen molar-refractivity contribution in [3.05, 3.63) is 40.9 Å². The predicted molar refractivity (Wildman–Crippen MR) is 113 cm³/mol. The Labute approximate surface area is 161 Å². The van der Waals surface area contributed by atoms with E-state index in [1.54, 1.807) is 6.33 Å². The van der Waals surface area contributed by atoms with Gasteiger partial charge >= 0.3 is 0 Å². The fraction of sp³-hybridized carbons (Fsp3) is 0.381. The lowest BCUT2D eigenvalue weighted by atomic mass is 9.95. The Morgan fingerprint density at radius 3 is 2.85 bits per heavy atom. The lowest BCUT2D eigenvalue weighted by Crippen LogP contribution is -2.26. The molecule has 0 spiro atoms. The standard InChI is InChI=1S/C21H22N4OS/c1-2-22-17-14-10-6-7-11-15(14)24-20-16(17)18-19(27-20)21(26)25(12-23-18)13-8-4-3-5-9-13/h6-7,10-13H,2-5,8-9H2,1H3,(H,22,24). The SMILES string of the molecule is CCNc1c2ccccc2nc2sc3c(=O)n(C4CCCCC4)cnc3c12. The number of anilines is 1. The molecule has 138 valence electrons. The van der Waals surface area contributed by atoms with E-state index in [1.807, 2.05) is 22.8 Å². The fourth-order valence-corrected chi connectivity index (χ4v) is 5.36. The van der Waals surface area contributed by atoms with Gasteiger partial charge in [0.05, 0.1) is 28.4 Å². The highest BCUT2D eigenvalue weighted by molar-refractivity contribution is 7.25. The molecular weight excluding hydrogens is 356 g/mol. The molecule has 0 radical (unpaired) electrons. The molecule has 3 heterocycles. The minimum absolute atomic E-state index is 0.0846. The monoisotopic (exact) mass is 378 g/mol. The van der Waals surface area contributed by atoms with E-state index in [1.165, 1.54) is 30.6 Å². The van der Waals surface area contributed by atoms with Crippen LogP contribution in [0.15, 0.2) is 35.4 Å². The number of nitrogens with zero attached hydrogens (tertiary/aromatic N) is 3. The molecule has 1 fully saturated rings. The zero-order valence-electron chi connectivity index (χ0n) is 15.4. The molecule has 0 atom stereocenters. The van der Waals surface area contributed by atoms with Crippen molar-refractivity contribution < 1.29 is 0 Å². The number of pyridine rings is 1. The number of rotatable bonds is 3. The lowest BCUT2D eigenvalue weighted by Gasteiger charge is -2.23. The van der Waals surface area contributed by atoms with E-state index in [0.29, 0.717) is 0 Å². The zero-order valence-corrected chi connectivity index (χ0v) is 16.2. The third kappa shape index (κ3) is 2.62. The summed E-state index contributed by atoms with van der Waals surface area (Å²) in [4.78, 5) is 23.7. The average molecular weight is 379 g/mol. The Balaban J connectivity index is 1.81. The van der Waals surface area contributed by atoms with Crippen LogP contribution in [0.3, 0.4) is 0 Å². The summed E-state index contributed by atoms with van der Waals surface area (Å²) in [5, 5.41) is 5.54. The third-order valence-corrected chi connectivity index (χ3v) is 6.63. The molecule has 0 unspecified atom stereocenters. The van der Waals surface area contributed by atoms with Gasteiger partial charge in [0, 0.05) is 18.0 Å². The van der Waals surface area contributed by atoms with Crippen LogP contribution in [-0.4, -0.2) is 21.1 Å². The molecule has 0 bridgehead atoms. The molecule has 1 aromatic carbocycles. The van der Waals surface area contributed by atoms with Gasteiger partial charge < -0.3 is 5.32 Å². The summed E-state index contributed by atoms with van der Waals surface area (Å²) in [6.45, 7) is 2.89. The normalized spacial score (nSPS) is 15.7. The Morgan fingerprint density at radius 2 is 2.04 bits per heavy atom. The molecule has 6 heteroatoms. The molecule has 1 aliphatic carbocycles. The van der Waals surface area contributed by atoms with Gasteiger partial charge in [-0.05, 0) is 25.8 Å². The van der Waals surface area contributed by atoms with Crippen LogP contribution < -0.4 is 10.9 Å². The summed E-state index contributed by atoms with van der Waals surface area (Å²) in [5.74, 6) is 0. The van der Waals surface area contributed by atoms with E-state index in [-0.39, 0.29) is 11.6 Å². The molecule has 1 saturated carbocycles. The maximum Gasteiger partial charge on any atom is 0.271 e. The number of aromatic nitrogens is 3. The zero-order chi connectivity index (χ0) is 18.4. The highest BCUT2D eigenvalue weighted by Crippen LogP contribution is 2.39. The molecule has 0 amide bonds. The van der Waals surface area contributed by atoms with Crippen molar-refractivity contribution in [3.63, 3.8) is 0 Å². The first-order valence-electron chi connectivity index (χ1n) is 9.74. The van der Waals surface area contributed by atoms with Crippen molar-refractivity contribution in [3.8, 4) is 0 Å². The number of hydrogen-bond donors (Lipinski definition) is 1. The summed E-state index contributed by atoms with van der Waals surface area (Å²) in [6, 6.07) is 8.40. The van der Waals surface area contributed by atoms with Crippen molar-refractivity contribution in [2.75, 3.05) is 11.9 Å². The van der Waals surface area contributed by atoms with E-state index in [9.17, 15) is 4.79 Å².